The van der Waals surface area contributed by atoms with Crippen LogP contribution in [-0.2, 0) is 6.42 Å². The largest absolute Gasteiger partial charge is 0.494 e. The summed E-state index contributed by atoms with van der Waals surface area (Å²) < 4.78 is 5.71. The van der Waals surface area contributed by atoms with E-state index in [-0.39, 0.29) is 6.03 Å². The molecular weight excluding hydrogens is 240 g/mol. The van der Waals surface area contributed by atoms with Crippen LogP contribution in [-0.4, -0.2) is 26.2 Å². The number of amides is 2. The summed E-state index contributed by atoms with van der Waals surface area (Å²) in [6.45, 7) is 5.74. The Hall–Kier alpha value is -1.71. The predicted octanol–water partition coefficient (Wildman–Crippen LogP) is 2.58. The molecule has 1 aromatic carbocycles. The lowest BCUT2D eigenvalue weighted by molar-refractivity contribution is 0.243. The molecule has 0 bridgehead atoms. The second kappa shape index (κ2) is 8.40. The Bertz CT molecular complexity index is 391. The summed E-state index contributed by atoms with van der Waals surface area (Å²) in [5.74, 6) is 1.55. The van der Waals surface area contributed by atoms with Crippen LogP contribution in [0.4, 0.5) is 4.79 Å². The molecule has 0 fully saturated rings. The normalized spacial score (nSPS) is 10.3. The van der Waals surface area contributed by atoms with Gasteiger partial charge in [-0.1, -0.05) is 26.0 Å². The summed E-state index contributed by atoms with van der Waals surface area (Å²) >= 11 is 0. The maximum Gasteiger partial charge on any atom is 0.314 e. The molecule has 0 saturated carbocycles. The van der Waals surface area contributed by atoms with E-state index in [1.54, 1.807) is 7.05 Å². The Morgan fingerprint density at radius 2 is 2.16 bits per heavy atom. The van der Waals surface area contributed by atoms with Gasteiger partial charge in [0, 0.05) is 13.6 Å². The molecule has 0 aliphatic rings. The van der Waals surface area contributed by atoms with Gasteiger partial charge in [0.15, 0.2) is 0 Å². The molecule has 0 aliphatic heterocycles. The molecule has 0 aromatic heterocycles. The first kappa shape index (κ1) is 15.3. The number of benzene rings is 1. The number of urea groups is 1. The lowest BCUT2D eigenvalue weighted by Gasteiger charge is -2.10. The van der Waals surface area contributed by atoms with Gasteiger partial charge in [0.05, 0.1) is 6.61 Å². The highest BCUT2D eigenvalue weighted by atomic mass is 16.5. The zero-order valence-electron chi connectivity index (χ0n) is 12.0. The standard InChI is InChI=1S/C15H24N2O2/c1-12(2)8-10-19-14-6-4-5-13(11-14)7-9-17-15(18)16-3/h4-6,11-12H,7-10H2,1-3H3,(H2,16,17,18). The van der Waals surface area contributed by atoms with Crippen molar-refractivity contribution in [3.05, 3.63) is 29.8 Å². The summed E-state index contributed by atoms with van der Waals surface area (Å²) in [5, 5.41) is 5.29. The van der Waals surface area contributed by atoms with Gasteiger partial charge in [-0.15, -0.1) is 0 Å². The van der Waals surface area contributed by atoms with E-state index in [4.69, 9.17) is 4.74 Å². The van der Waals surface area contributed by atoms with Crippen LogP contribution in [0.2, 0.25) is 0 Å². The Kier molecular flexibility index (Phi) is 6.79. The van der Waals surface area contributed by atoms with Gasteiger partial charge in [0.2, 0.25) is 0 Å². The zero-order chi connectivity index (χ0) is 14.1. The molecule has 4 nitrogen and oxygen atoms in total. The van der Waals surface area contributed by atoms with Crippen molar-refractivity contribution in [3.63, 3.8) is 0 Å². The van der Waals surface area contributed by atoms with Crippen LogP contribution >= 0.6 is 0 Å². The fourth-order valence-corrected chi connectivity index (χ4v) is 1.61. The number of rotatable bonds is 7. The monoisotopic (exact) mass is 264 g/mol. The third-order valence-corrected chi connectivity index (χ3v) is 2.79. The van der Waals surface area contributed by atoms with Crippen LogP contribution in [0, 0.1) is 5.92 Å². The van der Waals surface area contributed by atoms with E-state index in [1.807, 2.05) is 24.3 Å². The van der Waals surface area contributed by atoms with Gasteiger partial charge in [-0.3, -0.25) is 0 Å². The van der Waals surface area contributed by atoms with Crippen LogP contribution in [0.3, 0.4) is 0 Å². The summed E-state index contributed by atoms with van der Waals surface area (Å²) in [5.41, 5.74) is 1.17. The van der Waals surface area contributed by atoms with E-state index in [1.165, 1.54) is 5.56 Å². The first-order valence-corrected chi connectivity index (χ1v) is 6.79. The smallest absolute Gasteiger partial charge is 0.314 e. The molecule has 106 valence electrons. The third-order valence-electron chi connectivity index (χ3n) is 2.79. The number of carbonyl (C=O) groups excluding carboxylic acids is 1. The second-order valence-corrected chi connectivity index (χ2v) is 4.93. The molecule has 0 saturated heterocycles. The zero-order valence-corrected chi connectivity index (χ0v) is 12.0. The van der Waals surface area contributed by atoms with Crippen molar-refractivity contribution in [1.82, 2.24) is 10.6 Å². The van der Waals surface area contributed by atoms with Gasteiger partial charge in [-0.2, -0.15) is 0 Å². The van der Waals surface area contributed by atoms with Crippen molar-refractivity contribution in [2.75, 3.05) is 20.2 Å². The first-order chi connectivity index (χ1) is 9.11. The minimum atomic E-state index is -0.149. The topological polar surface area (TPSA) is 50.4 Å². The Morgan fingerprint density at radius 3 is 2.84 bits per heavy atom. The fraction of sp³-hybridized carbons (Fsp3) is 0.533. The van der Waals surface area contributed by atoms with Crippen molar-refractivity contribution < 1.29 is 9.53 Å². The summed E-state index contributed by atoms with van der Waals surface area (Å²) in [6, 6.07) is 7.88. The average molecular weight is 264 g/mol. The molecular formula is C15H24N2O2. The van der Waals surface area contributed by atoms with Crippen molar-refractivity contribution in [2.45, 2.75) is 26.7 Å². The first-order valence-electron chi connectivity index (χ1n) is 6.79. The third kappa shape index (κ3) is 6.70. The number of ether oxygens (including phenoxy) is 1. The van der Waals surface area contributed by atoms with Crippen molar-refractivity contribution in [3.8, 4) is 5.75 Å². The highest BCUT2D eigenvalue weighted by Crippen LogP contribution is 2.14. The van der Waals surface area contributed by atoms with Crippen molar-refractivity contribution in [2.24, 2.45) is 5.92 Å². The van der Waals surface area contributed by atoms with Crippen LogP contribution < -0.4 is 15.4 Å². The molecule has 2 amide bonds. The molecule has 0 spiro atoms. The molecule has 1 aromatic rings. The Morgan fingerprint density at radius 1 is 1.37 bits per heavy atom. The molecule has 4 heteroatoms. The average Bonchev–Trinajstić information content (AvgIpc) is 2.38. The van der Waals surface area contributed by atoms with Gasteiger partial charge in [0.25, 0.3) is 0 Å². The summed E-state index contributed by atoms with van der Waals surface area (Å²) in [7, 11) is 1.61. The predicted molar refractivity (Wildman–Crippen MR) is 77.6 cm³/mol. The summed E-state index contributed by atoms with van der Waals surface area (Å²) in [6.07, 6.45) is 1.86. The molecule has 1 rings (SSSR count). The van der Waals surface area contributed by atoms with Crippen molar-refractivity contribution in [1.29, 1.82) is 0 Å². The van der Waals surface area contributed by atoms with E-state index in [0.29, 0.717) is 12.5 Å². The maximum absolute atomic E-state index is 11.0. The van der Waals surface area contributed by atoms with Crippen LogP contribution in [0.5, 0.6) is 5.75 Å². The summed E-state index contributed by atoms with van der Waals surface area (Å²) in [4.78, 5) is 11.0. The molecule has 0 unspecified atom stereocenters. The van der Waals surface area contributed by atoms with E-state index in [0.717, 1.165) is 25.2 Å². The lowest BCUT2D eigenvalue weighted by atomic mass is 10.1. The van der Waals surface area contributed by atoms with Crippen molar-refractivity contribution >= 4 is 6.03 Å². The molecule has 0 heterocycles. The van der Waals surface area contributed by atoms with Crippen LogP contribution in [0.25, 0.3) is 0 Å². The van der Waals surface area contributed by atoms with Crippen LogP contribution in [0.1, 0.15) is 25.8 Å². The van der Waals surface area contributed by atoms with Gasteiger partial charge < -0.3 is 15.4 Å². The number of hydrogen-bond acceptors (Lipinski definition) is 2. The molecule has 19 heavy (non-hydrogen) atoms. The minimum Gasteiger partial charge on any atom is -0.494 e. The SMILES string of the molecule is CNC(=O)NCCc1cccc(OCCC(C)C)c1. The number of carbonyl (C=O) groups is 1. The van der Waals surface area contributed by atoms with Gasteiger partial charge in [-0.05, 0) is 36.5 Å². The number of nitrogens with one attached hydrogen (secondary N) is 2. The van der Waals surface area contributed by atoms with E-state index >= 15 is 0 Å². The fourth-order valence-electron chi connectivity index (χ4n) is 1.61. The highest BCUT2D eigenvalue weighted by molar-refractivity contribution is 5.73. The molecule has 0 aliphatic carbocycles. The highest BCUT2D eigenvalue weighted by Gasteiger charge is 2.00. The molecule has 2 N–H and O–H groups in total. The minimum absolute atomic E-state index is 0.149. The van der Waals surface area contributed by atoms with Gasteiger partial charge in [-0.25, -0.2) is 4.79 Å². The Labute approximate surface area is 115 Å². The van der Waals surface area contributed by atoms with E-state index in [9.17, 15) is 4.79 Å². The second-order valence-electron chi connectivity index (χ2n) is 4.93. The number of hydrogen-bond donors (Lipinski definition) is 2. The van der Waals surface area contributed by atoms with Crippen LogP contribution in [0.15, 0.2) is 24.3 Å². The van der Waals surface area contributed by atoms with E-state index < -0.39 is 0 Å². The molecule has 0 atom stereocenters. The van der Waals surface area contributed by atoms with E-state index in [2.05, 4.69) is 24.5 Å². The molecule has 0 radical (unpaired) electrons. The quantitative estimate of drug-likeness (QED) is 0.795. The maximum atomic E-state index is 11.0. The van der Waals surface area contributed by atoms with Gasteiger partial charge >= 0.3 is 6.03 Å². The van der Waals surface area contributed by atoms with Gasteiger partial charge in [0.1, 0.15) is 5.75 Å². The lowest BCUT2D eigenvalue weighted by Crippen LogP contribution is -2.33. The Balaban J connectivity index is 2.37.